The highest BCUT2D eigenvalue weighted by molar-refractivity contribution is 5.55. The molecule has 0 radical (unpaired) electrons. The fourth-order valence-electron chi connectivity index (χ4n) is 1.69. The molecule has 0 saturated heterocycles. The van der Waals surface area contributed by atoms with Crippen molar-refractivity contribution < 1.29 is 0 Å². The molecule has 68 valence electrons. The first-order valence-corrected chi connectivity index (χ1v) is 4.48. The van der Waals surface area contributed by atoms with E-state index in [9.17, 15) is 4.79 Å². The van der Waals surface area contributed by atoms with Crippen molar-refractivity contribution in [2.24, 2.45) is 5.41 Å². The van der Waals surface area contributed by atoms with E-state index in [1.807, 2.05) is 6.08 Å². The van der Waals surface area contributed by atoms with Crippen LogP contribution in [0, 0.1) is 5.41 Å². The molecule has 0 aliphatic heterocycles. The highest BCUT2D eigenvalue weighted by Gasteiger charge is 2.21. The minimum atomic E-state index is 0.112. The largest absolute Gasteiger partial charge is 0.364 e. The first-order chi connectivity index (χ1) is 6.08. The van der Waals surface area contributed by atoms with Crippen molar-refractivity contribution in [2.45, 2.75) is 20.3 Å². The Bertz CT molecular complexity index is 412. The fourth-order valence-corrected chi connectivity index (χ4v) is 1.69. The Labute approximate surface area is 77.3 Å². The minimum Gasteiger partial charge on any atom is -0.364 e. The van der Waals surface area contributed by atoms with Crippen molar-refractivity contribution in [2.75, 3.05) is 0 Å². The van der Waals surface area contributed by atoms with Crippen LogP contribution in [0.2, 0.25) is 0 Å². The summed E-state index contributed by atoms with van der Waals surface area (Å²) in [7, 11) is 0. The van der Waals surface area contributed by atoms with Crippen molar-refractivity contribution >= 4 is 6.08 Å². The van der Waals surface area contributed by atoms with Crippen LogP contribution in [-0.4, -0.2) is 4.98 Å². The number of pyridine rings is 1. The van der Waals surface area contributed by atoms with E-state index in [4.69, 9.17) is 0 Å². The summed E-state index contributed by atoms with van der Waals surface area (Å²) in [6.45, 7) is 4.33. The quantitative estimate of drug-likeness (QED) is 0.642. The van der Waals surface area contributed by atoms with Crippen LogP contribution in [0.25, 0.3) is 6.08 Å². The van der Waals surface area contributed by atoms with Crippen LogP contribution in [0.3, 0.4) is 0 Å². The Morgan fingerprint density at radius 3 is 3.00 bits per heavy atom. The number of H-pyrrole nitrogens is 1. The summed E-state index contributed by atoms with van der Waals surface area (Å²) in [4.78, 5) is 14.5. The van der Waals surface area contributed by atoms with Gasteiger partial charge in [-0.05, 0) is 11.8 Å². The van der Waals surface area contributed by atoms with Crippen molar-refractivity contribution in [1.82, 2.24) is 4.98 Å². The van der Waals surface area contributed by atoms with Crippen molar-refractivity contribution in [3.8, 4) is 0 Å². The molecule has 1 aromatic heterocycles. The highest BCUT2D eigenvalue weighted by atomic mass is 16.1. The van der Waals surface area contributed by atoms with Crippen LogP contribution in [0.4, 0.5) is 0 Å². The van der Waals surface area contributed by atoms with E-state index < -0.39 is 0 Å². The van der Waals surface area contributed by atoms with E-state index in [2.05, 4.69) is 24.9 Å². The fraction of sp³-hybridized carbons (Fsp3) is 0.364. The molecule has 0 amide bonds. The summed E-state index contributed by atoms with van der Waals surface area (Å²) in [6.07, 6.45) is 6.66. The van der Waals surface area contributed by atoms with Crippen LogP contribution < -0.4 is 5.43 Å². The van der Waals surface area contributed by atoms with E-state index in [0.717, 1.165) is 17.7 Å². The van der Waals surface area contributed by atoms with Gasteiger partial charge in [0.05, 0.1) is 0 Å². The number of allylic oxidation sites excluding steroid dienone is 1. The third-order valence-electron chi connectivity index (χ3n) is 2.42. The summed E-state index contributed by atoms with van der Waals surface area (Å²) in [5, 5.41) is 0. The molecule has 0 bridgehead atoms. The number of fused-ring (bicyclic) bond motifs is 1. The average Bonchev–Trinajstić information content (AvgIpc) is 2.02. The Hall–Kier alpha value is -1.31. The van der Waals surface area contributed by atoms with Crippen LogP contribution in [0.15, 0.2) is 23.1 Å². The molecule has 1 N–H and O–H groups in total. The summed E-state index contributed by atoms with van der Waals surface area (Å²) < 4.78 is 0. The van der Waals surface area contributed by atoms with E-state index in [1.165, 1.54) is 0 Å². The molecule has 1 aliphatic rings. The Morgan fingerprint density at radius 2 is 2.23 bits per heavy atom. The molecule has 2 nitrogen and oxygen atoms in total. The molecule has 1 aliphatic carbocycles. The lowest BCUT2D eigenvalue weighted by Crippen LogP contribution is -2.21. The van der Waals surface area contributed by atoms with E-state index in [0.29, 0.717) is 0 Å². The van der Waals surface area contributed by atoms with Crippen LogP contribution >= 0.6 is 0 Å². The lowest BCUT2D eigenvalue weighted by atomic mass is 9.82. The molecule has 0 saturated carbocycles. The zero-order chi connectivity index (χ0) is 9.47. The first kappa shape index (κ1) is 8.30. The summed E-state index contributed by atoms with van der Waals surface area (Å²) in [6, 6.07) is 1.57. The first-order valence-electron chi connectivity index (χ1n) is 4.48. The highest BCUT2D eigenvalue weighted by Crippen LogP contribution is 2.28. The van der Waals surface area contributed by atoms with Gasteiger partial charge in [-0.1, -0.05) is 26.0 Å². The second kappa shape index (κ2) is 2.59. The van der Waals surface area contributed by atoms with Gasteiger partial charge in [-0.3, -0.25) is 4.79 Å². The number of rotatable bonds is 0. The molecule has 13 heavy (non-hydrogen) atoms. The average molecular weight is 175 g/mol. The maximum atomic E-state index is 11.4. The molecule has 2 heteroatoms. The predicted octanol–water partition coefficient (Wildman–Crippen LogP) is 1.97. The monoisotopic (exact) mass is 175 g/mol. The van der Waals surface area contributed by atoms with Gasteiger partial charge in [0.1, 0.15) is 0 Å². The van der Waals surface area contributed by atoms with Gasteiger partial charge in [0.2, 0.25) is 0 Å². The van der Waals surface area contributed by atoms with Gasteiger partial charge in [0.25, 0.3) is 0 Å². The second-order valence-electron chi connectivity index (χ2n) is 4.23. The number of nitrogens with one attached hydrogen (secondary N) is 1. The van der Waals surface area contributed by atoms with Gasteiger partial charge >= 0.3 is 0 Å². The lowest BCUT2D eigenvalue weighted by Gasteiger charge is -2.24. The molecule has 0 atom stereocenters. The second-order valence-corrected chi connectivity index (χ2v) is 4.23. The Kier molecular flexibility index (Phi) is 1.65. The smallest absolute Gasteiger partial charge is 0.189 e. The number of aromatic amines is 1. The SMILES string of the molecule is CC1(C)C=Cc2c([nH]ccc2=O)C1. The van der Waals surface area contributed by atoms with Gasteiger partial charge in [0.15, 0.2) is 5.43 Å². The van der Waals surface area contributed by atoms with E-state index in [1.54, 1.807) is 12.3 Å². The summed E-state index contributed by atoms with van der Waals surface area (Å²) in [5.74, 6) is 0. The molecule has 2 rings (SSSR count). The standard InChI is InChI=1S/C11H13NO/c1-11(2)5-3-8-9(7-11)12-6-4-10(8)13/h3-6H,7H2,1-2H3,(H,12,13). The van der Waals surface area contributed by atoms with Gasteiger partial charge < -0.3 is 4.98 Å². The lowest BCUT2D eigenvalue weighted by molar-refractivity contribution is 0.467. The molecular weight excluding hydrogens is 162 g/mol. The topological polar surface area (TPSA) is 32.9 Å². The zero-order valence-electron chi connectivity index (χ0n) is 7.92. The third-order valence-corrected chi connectivity index (χ3v) is 2.42. The van der Waals surface area contributed by atoms with Crippen LogP contribution in [-0.2, 0) is 6.42 Å². The molecule has 1 heterocycles. The Morgan fingerprint density at radius 1 is 1.46 bits per heavy atom. The van der Waals surface area contributed by atoms with Gasteiger partial charge in [-0.25, -0.2) is 0 Å². The predicted molar refractivity (Wildman–Crippen MR) is 53.6 cm³/mol. The number of hydrogen-bond acceptors (Lipinski definition) is 1. The van der Waals surface area contributed by atoms with Crippen LogP contribution in [0.5, 0.6) is 0 Å². The van der Waals surface area contributed by atoms with E-state index >= 15 is 0 Å². The van der Waals surface area contributed by atoms with Crippen molar-refractivity contribution in [1.29, 1.82) is 0 Å². The zero-order valence-corrected chi connectivity index (χ0v) is 7.92. The van der Waals surface area contributed by atoms with Gasteiger partial charge in [0, 0.05) is 23.5 Å². The van der Waals surface area contributed by atoms with Crippen molar-refractivity contribution in [3.05, 3.63) is 39.8 Å². The molecule has 0 spiro atoms. The number of hydrogen-bond donors (Lipinski definition) is 1. The third kappa shape index (κ3) is 1.44. The summed E-state index contributed by atoms with van der Waals surface area (Å²) in [5.41, 5.74) is 2.15. The maximum absolute atomic E-state index is 11.4. The molecule has 0 unspecified atom stereocenters. The Balaban J connectivity index is 2.59. The molecule has 1 aromatic rings. The van der Waals surface area contributed by atoms with E-state index in [-0.39, 0.29) is 10.8 Å². The van der Waals surface area contributed by atoms with Gasteiger partial charge in [-0.2, -0.15) is 0 Å². The normalized spacial score (nSPS) is 18.3. The van der Waals surface area contributed by atoms with Crippen LogP contribution in [0.1, 0.15) is 25.1 Å². The molecule has 0 aromatic carbocycles. The minimum absolute atomic E-state index is 0.112. The number of aromatic nitrogens is 1. The maximum Gasteiger partial charge on any atom is 0.189 e. The van der Waals surface area contributed by atoms with Gasteiger partial charge in [-0.15, -0.1) is 0 Å². The molecular formula is C11H13NO. The molecule has 0 fully saturated rings. The van der Waals surface area contributed by atoms with Crippen molar-refractivity contribution in [3.63, 3.8) is 0 Å². The summed E-state index contributed by atoms with van der Waals surface area (Å²) >= 11 is 0.